The predicted octanol–water partition coefficient (Wildman–Crippen LogP) is 3.38. The van der Waals surface area contributed by atoms with Crippen molar-refractivity contribution in [3.05, 3.63) is 49.6 Å². The van der Waals surface area contributed by atoms with E-state index in [2.05, 4.69) is 19.7 Å². The monoisotopic (exact) mass is 260 g/mol. The van der Waals surface area contributed by atoms with Gasteiger partial charge in [0.2, 0.25) is 5.60 Å². The van der Waals surface area contributed by atoms with Crippen molar-refractivity contribution in [2.24, 2.45) is 0 Å². The Hall–Kier alpha value is -1.62. The second-order valence-corrected chi connectivity index (χ2v) is 3.47. The molecular weight excluding hydrogens is 245 g/mol. The molecule has 0 N–H and O–H groups in total. The summed E-state index contributed by atoms with van der Waals surface area (Å²) in [6.07, 6.45) is -0.518. The molecule has 5 heteroatoms. The van der Waals surface area contributed by atoms with Crippen molar-refractivity contribution >= 4 is 6.29 Å². The molecule has 0 aromatic heterocycles. The lowest BCUT2D eigenvalue weighted by Gasteiger charge is -2.29. The van der Waals surface area contributed by atoms with Crippen molar-refractivity contribution in [2.75, 3.05) is 6.61 Å². The lowest BCUT2D eigenvalue weighted by Crippen LogP contribution is -2.49. The minimum absolute atomic E-state index is 0.247. The molecular formula is C13H15F3O2. The molecule has 0 aliphatic rings. The van der Waals surface area contributed by atoms with Gasteiger partial charge in [-0.1, -0.05) is 37.5 Å². The summed E-state index contributed by atoms with van der Waals surface area (Å²) in [6.45, 7) is 9.65. The van der Waals surface area contributed by atoms with Gasteiger partial charge in [-0.3, -0.25) is 4.79 Å². The van der Waals surface area contributed by atoms with Gasteiger partial charge in [-0.25, -0.2) is 0 Å². The van der Waals surface area contributed by atoms with E-state index in [0.29, 0.717) is 5.57 Å². The van der Waals surface area contributed by atoms with Gasteiger partial charge >= 0.3 is 6.18 Å². The number of ether oxygens (including phenoxy) is 1. The first-order valence-electron chi connectivity index (χ1n) is 5.08. The fraction of sp³-hybridized carbons (Fsp3) is 0.308. The van der Waals surface area contributed by atoms with Gasteiger partial charge < -0.3 is 4.74 Å². The smallest absolute Gasteiger partial charge is 0.354 e. The van der Waals surface area contributed by atoms with Crippen molar-refractivity contribution in [1.82, 2.24) is 0 Å². The standard InChI is InChI=1S/C13H15F3O2/c1-4-7-11(6-3)9-18-12(10-17,8-5-2)13(14,15)16/h4-7,10H,1-3,8-9H2/b11-7+. The van der Waals surface area contributed by atoms with Crippen LogP contribution in [-0.2, 0) is 9.53 Å². The summed E-state index contributed by atoms with van der Waals surface area (Å²) >= 11 is 0. The molecule has 1 unspecified atom stereocenters. The van der Waals surface area contributed by atoms with Crippen molar-refractivity contribution in [1.29, 1.82) is 0 Å². The molecule has 2 nitrogen and oxygen atoms in total. The van der Waals surface area contributed by atoms with Gasteiger partial charge in [-0.15, -0.1) is 6.58 Å². The molecule has 0 heterocycles. The first kappa shape index (κ1) is 16.4. The number of halogens is 3. The fourth-order valence-corrected chi connectivity index (χ4v) is 1.16. The Morgan fingerprint density at radius 2 is 1.83 bits per heavy atom. The summed E-state index contributed by atoms with van der Waals surface area (Å²) in [5.74, 6) is 0. The molecule has 0 aromatic carbocycles. The minimum Gasteiger partial charge on any atom is -0.354 e. The van der Waals surface area contributed by atoms with Crippen molar-refractivity contribution in [2.45, 2.75) is 18.2 Å². The Morgan fingerprint density at radius 3 is 2.17 bits per heavy atom. The van der Waals surface area contributed by atoms with Crippen LogP contribution in [0.5, 0.6) is 0 Å². The maximum Gasteiger partial charge on any atom is 0.424 e. The summed E-state index contributed by atoms with van der Waals surface area (Å²) in [6, 6.07) is 0. The second kappa shape index (κ2) is 6.96. The van der Waals surface area contributed by atoms with Gasteiger partial charge in [0, 0.05) is 6.42 Å². The van der Waals surface area contributed by atoms with Crippen LogP contribution in [0, 0.1) is 0 Å². The molecule has 0 aromatic rings. The SMILES string of the molecule is C=C/C=C(\C=C)COC(C=O)(CC=C)C(F)(F)F. The zero-order chi connectivity index (χ0) is 14.2. The maximum absolute atomic E-state index is 12.8. The molecule has 0 rings (SSSR count). The predicted molar refractivity (Wildman–Crippen MR) is 64.1 cm³/mol. The summed E-state index contributed by atoms with van der Waals surface area (Å²) in [4.78, 5) is 10.8. The molecule has 0 saturated heterocycles. The van der Waals surface area contributed by atoms with Crippen LogP contribution in [0.2, 0.25) is 0 Å². The highest BCUT2D eigenvalue weighted by atomic mass is 19.4. The highest BCUT2D eigenvalue weighted by Crippen LogP contribution is 2.35. The van der Waals surface area contributed by atoms with Gasteiger partial charge in [0.1, 0.15) is 0 Å². The van der Waals surface area contributed by atoms with Crippen molar-refractivity contribution in [3.8, 4) is 0 Å². The van der Waals surface area contributed by atoms with Gasteiger partial charge in [0.15, 0.2) is 6.29 Å². The molecule has 0 amide bonds. The van der Waals surface area contributed by atoms with E-state index in [0.717, 1.165) is 6.08 Å². The Labute approximate surface area is 104 Å². The third-order valence-electron chi connectivity index (χ3n) is 2.21. The van der Waals surface area contributed by atoms with Gasteiger partial charge in [0.25, 0.3) is 0 Å². The molecule has 0 bridgehead atoms. The van der Waals surface area contributed by atoms with Crippen LogP contribution < -0.4 is 0 Å². The van der Waals surface area contributed by atoms with E-state index >= 15 is 0 Å². The summed E-state index contributed by atoms with van der Waals surface area (Å²) in [7, 11) is 0. The van der Waals surface area contributed by atoms with Gasteiger partial charge in [-0.05, 0) is 5.57 Å². The largest absolute Gasteiger partial charge is 0.424 e. The van der Waals surface area contributed by atoms with E-state index in [9.17, 15) is 18.0 Å². The van der Waals surface area contributed by atoms with Gasteiger partial charge in [-0.2, -0.15) is 13.2 Å². The molecule has 18 heavy (non-hydrogen) atoms. The molecule has 0 aliphatic heterocycles. The minimum atomic E-state index is -4.80. The molecule has 100 valence electrons. The molecule has 0 saturated carbocycles. The highest BCUT2D eigenvalue weighted by molar-refractivity contribution is 5.64. The summed E-state index contributed by atoms with van der Waals surface area (Å²) in [5, 5.41) is 0. The topological polar surface area (TPSA) is 26.3 Å². The van der Waals surface area contributed by atoms with E-state index in [1.54, 1.807) is 0 Å². The number of rotatable bonds is 8. The van der Waals surface area contributed by atoms with E-state index < -0.39 is 18.2 Å². The Balaban J connectivity index is 5.07. The molecule has 0 aliphatic carbocycles. The van der Waals surface area contributed by atoms with E-state index in [4.69, 9.17) is 4.74 Å². The number of carbonyl (C=O) groups is 1. The summed E-state index contributed by atoms with van der Waals surface area (Å²) < 4.78 is 43.2. The molecule has 0 fully saturated rings. The number of carbonyl (C=O) groups excluding carboxylic acids is 1. The Morgan fingerprint density at radius 1 is 1.22 bits per heavy atom. The van der Waals surface area contributed by atoms with Crippen molar-refractivity contribution in [3.63, 3.8) is 0 Å². The van der Waals surface area contributed by atoms with Crippen molar-refractivity contribution < 1.29 is 22.7 Å². The van der Waals surface area contributed by atoms with E-state index in [1.807, 2.05) is 0 Å². The quantitative estimate of drug-likeness (QED) is 0.380. The normalized spacial score (nSPS) is 15.6. The zero-order valence-electron chi connectivity index (χ0n) is 9.87. The summed E-state index contributed by atoms with van der Waals surface area (Å²) in [5.41, 5.74) is -2.47. The zero-order valence-corrected chi connectivity index (χ0v) is 9.87. The van der Waals surface area contributed by atoms with E-state index in [1.165, 1.54) is 18.2 Å². The van der Waals surface area contributed by atoms with Crippen LogP contribution >= 0.6 is 0 Å². The fourth-order valence-electron chi connectivity index (χ4n) is 1.16. The van der Waals surface area contributed by atoms with Crippen LogP contribution in [0.25, 0.3) is 0 Å². The third-order valence-corrected chi connectivity index (χ3v) is 2.21. The molecule has 0 radical (unpaired) electrons. The first-order chi connectivity index (χ1) is 8.36. The van der Waals surface area contributed by atoms with Gasteiger partial charge in [0.05, 0.1) is 6.61 Å². The average molecular weight is 260 g/mol. The lowest BCUT2D eigenvalue weighted by molar-refractivity contribution is -0.257. The third kappa shape index (κ3) is 4.00. The Kier molecular flexibility index (Phi) is 6.33. The second-order valence-electron chi connectivity index (χ2n) is 3.47. The average Bonchev–Trinajstić information content (AvgIpc) is 2.31. The van der Waals surface area contributed by atoms with Crippen LogP contribution in [0.3, 0.4) is 0 Å². The number of hydrogen-bond acceptors (Lipinski definition) is 2. The number of aldehydes is 1. The molecule has 0 spiro atoms. The maximum atomic E-state index is 12.8. The number of alkyl halides is 3. The number of hydrogen-bond donors (Lipinski definition) is 0. The Bertz CT molecular complexity index is 356. The van der Waals surface area contributed by atoms with Crippen LogP contribution in [-0.4, -0.2) is 24.7 Å². The highest BCUT2D eigenvalue weighted by Gasteiger charge is 2.55. The van der Waals surface area contributed by atoms with Crippen LogP contribution in [0.1, 0.15) is 6.42 Å². The van der Waals surface area contributed by atoms with E-state index in [-0.39, 0.29) is 12.9 Å². The molecule has 1 atom stereocenters. The van der Waals surface area contributed by atoms with Crippen LogP contribution in [0.15, 0.2) is 49.6 Å². The lowest BCUT2D eigenvalue weighted by atomic mass is 10.0. The first-order valence-corrected chi connectivity index (χ1v) is 5.08. The number of allylic oxidation sites excluding steroid dienone is 2. The van der Waals surface area contributed by atoms with Crippen LogP contribution in [0.4, 0.5) is 13.2 Å².